The number of hydrogen-bond donors (Lipinski definition) is 1. The quantitative estimate of drug-likeness (QED) is 0.449. The van der Waals surface area contributed by atoms with E-state index in [1.807, 2.05) is 32.0 Å². The van der Waals surface area contributed by atoms with Crippen LogP contribution in [0.25, 0.3) is 0 Å². The summed E-state index contributed by atoms with van der Waals surface area (Å²) in [4.78, 5) is 24.4. The van der Waals surface area contributed by atoms with E-state index in [0.29, 0.717) is 22.1 Å². The lowest BCUT2D eigenvalue weighted by atomic mass is 10.1. The molecule has 0 unspecified atom stereocenters. The molecular weight excluding hydrogens is 390 g/mol. The number of para-hydroxylation sites is 1. The van der Waals surface area contributed by atoms with Crippen LogP contribution in [0.15, 0.2) is 66.7 Å². The molecular formula is C23H20ClNO4. The Hall–Kier alpha value is -3.31. The van der Waals surface area contributed by atoms with Gasteiger partial charge in [0.2, 0.25) is 0 Å². The van der Waals surface area contributed by atoms with Crippen LogP contribution < -0.4 is 14.8 Å². The molecule has 0 aromatic heterocycles. The first-order valence-electron chi connectivity index (χ1n) is 8.99. The molecule has 0 spiro atoms. The average molecular weight is 410 g/mol. The van der Waals surface area contributed by atoms with Crippen LogP contribution in [0.2, 0.25) is 5.02 Å². The lowest BCUT2D eigenvalue weighted by Gasteiger charge is -2.10. The van der Waals surface area contributed by atoms with E-state index in [4.69, 9.17) is 21.1 Å². The summed E-state index contributed by atoms with van der Waals surface area (Å²) in [6.07, 6.45) is 0. The predicted octanol–water partition coefficient (Wildman–Crippen LogP) is 5.19. The lowest BCUT2D eigenvalue weighted by Crippen LogP contribution is -2.18. The Morgan fingerprint density at radius 1 is 0.966 bits per heavy atom. The third-order valence-corrected chi connectivity index (χ3v) is 4.48. The van der Waals surface area contributed by atoms with Crippen LogP contribution >= 0.6 is 11.6 Å². The van der Waals surface area contributed by atoms with Crippen LogP contribution in [-0.4, -0.2) is 18.5 Å². The van der Waals surface area contributed by atoms with E-state index in [1.165, 1.54) is 0 Å². The van der Waals surface area contributed by atoms with Gasteiger partial charge in [-0.3, -0.25) is 4.79 Å². The minimum atomic E-state index is -0.572. The van der Waals surface area contributed by atoms with Gasteiger partial charge in [-0.15, -0.1) is 0 Å². The monoisotopic (exact) mass is 409 g/mol. The molecule has 3 aromatic rings. The molecule has 0 atom stereocenters. The molecule has 3 rings (SSSR count). The van der Waals surface area contributed by atoms with Crippen LogP contribution in [0.4, 0.5) is 5.69 Å². The largest absolute Gasteiger partial charge is 0.480 e. The minimum absolute atomic E-state index is 0.237. The maximum atomic E-state index is 12.5. The summed E-state index contributed by atoms with van der Waals surface area (Å²) in [5.74, 6) is -0.0817. The van der Waals surface area contributed by atoms with Gasteiger partial charge in [-0.25, -0.2) is 4.79 Å². The topological polar surface area (TPSA) is 64.6 Å². The molecule has 6 heteroatoms. The standard InChI is InChI=1S/C23H20ClNO4/c1-15-7-8-16(2)20(13-15)25-23(27)17-9-11-18(12-10-17)29-22(26)14-28-21-6-4-3-5-19(21)24/h3-13H,14H2,1-2H3,(H,25,27). The molecule has 0 aliphatic heterocycles. The van der Waals surface area contributed by atoms with Crippen molar-refractivity contribution in [2.45, 2.75) is 13.8 Å². The van der Waals surface area contributed by atoms with Gasteiger partial charge in [0, 0.05) is 11.3 Å². The van der Waals surface area contributed by atoms with Crippen LogP contribution in [0.5, 0.6) is 11.5 Å². The second-order valence-corrected chi connectivity index (χ2v) is 6.90. The Labute approximate surface area is 174 Å². The first-order chi connectivity index (χ1) is 13.9. The highest BCUT2D eigenvalue weighted by molar-refractivity contribution is 6.32. The van der Waals surface area contributed by atoms with Crippen molar-refractivity contribution in [2.75, 3.05) is 11.9 Å². The van der Waals surface area contributed by atoms with Gasteiger partial charge in [-0.2, -0.15) is 0 Å². The molecule has 0 aliphatic rings. The van der Waals surface area contributed by atoms with Gasteiger partial charge in [-0.1, -0.05) is 35.9 Å². The van der Waals surface area contributed by atoms with E-state index in [0.717, 1.165) is 16.8 Å². The number of esters is 1. The molecule has 148 valence electrons. The number of anilines is 1. The van der Waals surface area contributed by atoms with E-state index in [-0.39, 0.29) is 12.5 Å². The van der Waals surface area contributed by atoms with Crippen LogP contribution in [-0.2, 0) is 4.79 Å². The Morgan fingerprint density at radius 3 is 2.41 bits per heavy atom. The Balaban J connectivity index is 1.56. The van der Waals surface area contributed by atoms with Gasteiger partial charge < -0.3 is 14.8 Å². The summed E-state index contributed by atoms with van der Waals surface area (Å²) < 4.78 is 10.6. The molecule has 5 nitrogen and oxygen atoms in total. The van der Waals surface area contributed by atoms with Crippen molar-refractivity contribution in [2.24, 2.45) is 0 Å². The summed E-state index contributed by atoms with van der Waals surface area (Å²) in [7, 11) is 0. The SMILES string of the molecule is Cc1ccc(C)c(NC(=O)c2ccc(OC(=O)COc3ccccc3Cl)cc2)c1. The van der Waals surface area contributed by atoms with E-state index in [9.17, 15) is 9.59 Å². The number of amides is 1. The number of carbonyl (C=O) groups is 2. The molecule has 1 N–H and O–H groups in total. The fourth-order valence-corrected chi connectivity index (χ4v) is 2.79. The molecule has 3 aromatic carbocycles. The van der Waals surface area contributed by atoms with E-state index < -0.39 is 5.97 Å². The van der Waals surface area contributed by atoms with Crippen molar-refractivity contribution in [3.63, 3.8) is 0 Å². The number of aryl methyl sites for hydroxylation is 2. The summed E-state index contributed by atoms with van der Waals surface area (Å²) in [6.45, 7) is 3.62. The van der Waals surface area contributed by atoms with Crippen molar-refractivity contribution >= 4 is 29.2 Å². The maximum Gasteiger partial charge on any atom is 0.349 e. The highest BCUT2D eigenvalue weighted by Crippen LogP contribution is 2.23. The first-order valence-corrected chi connectivity index (χ1v) is 9.37. The zero-order valence-electron chi connectivity index (χ0n) is 16.1. The summed E-state index contributed by atoms with van der Waals surface area (Å²) in [5, 5.41) is 3.31. The number of nitrogens with one attached hydrogen (secondary N) is 1. The average Bonchev–Trinajstić information content (AvgIpc) is 2.70. The Morgan fingerprint density at radius 2 is 1.69 bits per heavy atom. The third kappa shape index (κ3) is 5.59. The van der Waals surface area contributed by atoms with Crippen molar-refractivity contribution < 1.29 is 19.1 Å². The molecule has 29 heavy (non-hydrogen) atoms. The first kappa shape index (κ1) is 20.4. The fourth-order valence-electron chi connectivity index (χ4n) is 2.60. The van der Waals surface area contributed by atoms with Gasteiger partial charge >= 0.3 is 5.97 Å². The van der Waals surface area contributed by atoms with Crippen molar-refractivity contribution in [1.29, 1.82) is 0 Å². The molecule has 0 radical (unpaired) electrons. The number of rotatable bonds is 6. The predicted molar refractivity (Wildman–Crippen MR) is 113 cm³/mol. The highest BCUT2D eigenvalue weighted by atomic mass is 35.5. The van der Waals surface area contributed by atoms with Crippen molar-refractivity contribution in [1.82, 2.24) is 0 Å². The van der Waals surface area contributed by atoms with E-state index >= 15 is 0 Å². The van der Waals surface area contributed by atoms with Crippen LogP contribution in [0.1, 0.15) is 21.5 Å². The van der Waals surface area contributed by atoms with Gasteiger partial charge in [0.1, 0.15) is 11.5 Å². The maximum absolute atomic E-state index is 12.5. The zero-order chi connectivity index (χ0) is 20.8. The lowest BCUT2D eigenvalue weighted by molar-refractivity contribution is -0.136. The molecule has 0 heterocycles. The normalized spacial score (nSPS) is 10.3. The van der Waals surface area contributed by atoms with Gasteiger partial charge in [0.25, 0.3) is 5.91 Å². The van der Waals surface area contributed by atoms with Crippen LogP contribution in [0.3, 0.4) is 0 Å². The molecule has 0 aliphatic carbocycles. The van der Waals surface area contributed by atoms with Crippen LogP contribution in [0, 0.1) is 13.8 Å². The zero-order valence-corrected chi connectivity index (χ0v) is 16.8. The van der Waals surface area contributed by atoms with Gasteiger partial charge in [0.05, 0.1) is 5.02 Å². The molecule has 0 bridgehead atoms. The Bertz CT molecular complexity index is 1030. The minimum Gasteiger partial charge on any atom is -0.480 e. The van der Waals surface area contributed by atoms with Gasteiger partial charge in [-0.05, 0) is 67.4 Å². The van der Waals surface area contributed by atoms with Crippen molar-refractivity contribution in [3.8, 4) is 11.5 Å². The number of ether oxygens (including phenoxy) is 2. The van der Waals surface area contributed by atoms with E-state index in [2.05, 4.69) is 5.32 Å². The molecule has 0 saturated carbocycles. The number of benzene rings is 3. The fraction of sp³-hybridized carbons (Fsp3) is 0.130. The summed E-state index contributed by atoms with van der Waals surface area (Å²) in [5.41, 5.74) is 3.26. The molecule has 0 saturated heterocycles. The molecule has 0 fully saturated rings. The number of hydrogen-bond acceptors (Lipinski definition) is 4. The second kappa shape index (κ2) is 9.26. The number of carbonyl (C=O) groups excluding carboxylic acids is 2. The third-order valence-electron chi connectivity index (χ3n) is 4.17. The molecule has 1 amide bonds. The Kier molecular flexibility index (Phi) is 6.52. The summed E-state index contributed by atoms with van der Waals surface area (Å²) in [6, 6.07) is 19.0. The van der Waals surface area contributed by atoms with Gasteiger partial charge in [0.15, 0.2) is 6.61 Å². The highest BCUT2D eigenvalue weighted by Gasteiger charge is 2.11. The van der Waals surface area contributed by atoms with E-state index in [1.54, 1.807) is 48.5 Å². The number of halogens is 1. The second-order valence-electron chi connectivity index (χ2n) is 6.49. The summed E-state index contributed by atoms with van der Waals surface area (Å²) >= 11 is 5.98. The van der Waals surface area contributed by atoms with Crippen molar-refractivity contribution in [3.05, 3.63) is 88.4 Å². The smallest absolute Gasteiger partial charge is 0.349 e.